The molecule has 6 nitrogen and oxygen atoms in total. The van der Waals surface area contributed by atoms with Crippen molar-refractivity contribution in [3.05, 3.63) is 47.8 Å². The lowest BCUT2D eigenvalue weighted by Crippen LogP contribution is -2.47. The molecule has 4 rings (SSSR count). The highest BCUT2D eigenvalue weighted by molar-refractivity contribution is 5.78. The Hall–Kier alpha value is -2.44. The van der Waals surface area contributed by atoms with Gasteiger partial charge in [-0.2, -0.15) is 9.61 Å². The van der Waals surface area contributed by atoms with Gasteiger partial charge in [-0.25, -0.2) is 4.98 Å². The van der Waals surface area contributed by atoms with Crippen LogP contribution in [0.25, 0.3) is 16.8 Å². The number of nitrogens with zero attached hydrogens (tertiary/aromatic N) is 5. The molecule has 3 heterocycles. The van der Waals surface area contributed by atoms with Crippen LogP contribution in [0.4, 0.5) is 5.82 Å². The smallest absolute Gasteiger partial charge is 0.165 e. The number of piperazine rings is 1. The molecule has 6 heteroatoms. The Labute approximate surface area is 172 Å². The second kappa shape index (κ2) is 7.76. The number of hydrogen-bond acceptors (Lipinski definition) is 5. The molecule has 3 aromatic rings. The third kappa shape index (κ3) is 4.00. The van der Waals surface area contributed by atoms with E-state index in [1.54, 1.807) is 0 Å². The summed E-state index contributed by atoms with van der Waals surface area (Å²) in [7, 11) is 0. The Morgan fingerprint density at radius 3 is 2.34 bits per heavy atom. The van der Waals surface area contributed by atoms with E-state index in [1.165, 1.54) is 5.56 Å². The molecule has 154 valence electrons. The molecule has 0 bridgehead atoms. The van der Waals surface area contributed by atoms with Crippen LogP contribution in [0.5, 0.6) is 0 Å². The lowest BCUT2D eigenvalue weighted by Gasteiger charge is -2.36. The number of benzene rings is 1. The summed E-state index contributed by atoms with van der Waals surface area (Å²) >= 11 is 0. The molecule has 0 atom stereocenters. The lowest BCUT2D eigenvalue weighted by molar-refractivity contribution is 0.188. The Kier molecular flexibility index (Phi) is 5.32. The third-order valence-corrected chi connectivity index (χ3v) is 5.70. The summed E-state index contributed by atoms with van der Waals surface area (Å²) in [5, 5.41) is 13.9. The van der Waals surface area contributed by atoms with Gasteiger partial charge in [-0.15, -0.1) is 0 Å². The summed E-state index contributed by atoms with van der Waals surface area (Å²) in [6, 6.07) is 10.7. The molecule has 29 heavy (non-hydrogen) atoms. The number of fused-ring (bicyclic) bond motifs is 1. The molecule has 1 aliphatic rings. The number of hydrogen-bond donors (Lipinski definition) is 1. The van der Waals surface area contributed by atoms with E-state index in [0.29, 0.717) is 0 Å². The molecule has 0 radical (unpaired) electrons. The Bertz CT molecular complexity index is 979. The number of anilines is 1. The van der Waals surface area contributed by atoms with Crippen molar-refractivity contribution in [3.63, 3.8) is 0 Å². The molecule has 0 unspecified atom stereocenters. The maximum absolute atomic E-state index is 9.22. The predicted molar refractivity (Wildman–Crippen MR) is 118 cm³/mol. The van der Waals surface area contributed by atoms with Crippen LogP contribution in [0.15, 0.2) is 36.5 Å². The van der Waals surface area contributed by atoms with Crippen LogP contribution < -0.4 is 4.90 Å². The highest BCUT2D eigenvalue weighted by Crippen LogP contribution is 2.31. The zero-order valence-corrected chi connectivity index (χ0v) is 17.9. The molecule has 0 saturated carbocycles. The lowest BCUT2D eigenvalue weighted by atomic mass is 9.91. The first-order chi connectivity index (χ1) is 13.9. The van der Waals surface area contributed by atoms with E-state index in [2.05, 4.69) is 67.8 Å². The normalized spacial score (nSPS) is 16.0. The molecular weight excluding hydrogens is 362 g/mol. The van der Waals surface area contributed by atoms with Gasteiger partial charge in [0.05, 0.1) is 18.5 Å². The van der Waals surface area contributed by atoms with Gasteiger partial charge in [-0.3, -0.25) is 4.90 Å². The molecule has 1 aliphatic heterocycles. The monoisotopic (exact) mass is 393 g/mol. The zero-order valence-electron chi connectivity index (χ0n) is 17.9. The van der Waals surface area contributed by atoms with E-state index in [-0.39, 0.29) is 12.0 Å². The Morgan fingerprint density at radius 2 is 1.72 bits per heavy atom. The molecule has 0 spiro atoms. The van der Waals surface area contributed by atoms with E-state index in [0.717, 1.165) is 61.0 Å². The highest BCUT2D eigenvalue weighted by Gasteiger charge is 2.25. The van der Waals surface area contributed by atoms with E-state index < -0.39 is 0 Å². The molecule has 1 fully saturated rings. The van der Waals surface area contributed by atoms with Crippen molar-refractivity contribution in [2.75, 3.05) is 44.2 Å². The Balaban J connectivity index is 1.79. The van der Waals surface area contributed by atoms with Crippen LogP contribution >= 0.6 is 0 Å². The second-order valence-electron chi connectivity index (χ2n) is 8.96. The Morgan fingerprint density at radius 1 is 1.03 bits per heavy atom. The van der Waals surface area contributed by atoms with Gasteiger partial charge < -0.3 is 10.0 Å². The first-order valence-electron chi connectivity index (χ1n) is 10.4. The summed E-state index contributed by atoms with van der Waals surface area (Å²) < 4.78 is 1.99. The average Bonchev–Trinajstić information content (AvgIpc) is 3.12. The standard InChI is InChI=1S/C23H31N5O/c1-17-5-7-18(8-6-17)19-16-24-28-21(15-20(23(2,3)4)25-22(19)28)27-11-9-26(10-12-27)13-14-29/h5-8,15-16,29H,9-14H2,1-4H3. The van der Waals surface area contributed by atoms with Gasteiger partial charge in [0.25, 0.3) is 0 Å². The molecule has 1 N–H and O–H groups in total. The number of aryl methyl sites for hydroxylation is 1. The van der Waals surface area contributed by atoms with Crippen LogP contribution in [0.2, 0.25) is 0 Å². The van der Waals surface area contributed by atoms with Gasteiger partial charge in [0.2, 0.25) is 0 Å². The summed E-state index contributed by atoms with van der Waals surface area (Å²) in [4.78, 5) is 9.73. The number of rotatable bonds is 4. The minimum atomic E-state index is -0.0516. The van der Waals surface area contributed by atoms with Crippen molar-refractivity contribution in [2.45, 2.75) is 33.1 Å². The largest absolute Gasteiger partial charge is 0.395 e. The van der Waals surface area contributed by atoms with Gasteiger partial charge in [0.1, 0.15) is 5.82 Å². The van der Waals surface area contributed by atoms with Crippen molar-refractivity contribution in [2.24, 2.45) is 0 Å². The number of aliphatic hydroxyl groups is 1. The van der Waals surface area contributed by atoms with Crippen molar-refractivity contribution in [3.8, 4) is 11.1 Å². The quantitative estimate of drug-likeness (QED) is 0.738. The van der Waals surface area contributed by atoms with E-state index >= 15 is 0 Å². The maximum atomic E-state index is 9.22. The van der Waals surface area contributed by atoms with Crippen LogP contribution in [0, 0.1) is 6.92 Å². The minimum absolute atomic E-state index is 0.0516. The van der Waals surface area contributed by atoms with Crippen LogP contribution in [-0.4, -0.2) is 63.9 Å². The molecule has 0 aliphatic carbocycles. The SMILES string of the molecule is Cc1ccc(-c2cnn3c(N4CCN(CCO)CC4)cc(C(C)(C)C)nc23)cc1. The van der Waals surface area contributed by atoms with Gasteiger partial charge >= 0.3 is 0 Å². The fourth-order valence-corrected chi connectivity index (χ4v) is 3.84. The minimum Gasteiger partial charge on any atom is -0.395 e. The molecule has 2 aromatic heterocycles. The van der Waals surface area contributed by atoms with E-state index in [9.17, 15) is 5.11 Å². The van der Waals surface area contributed by atoms with Crippen molar-refractivity contribution < 1.29 is 5.11 Å². The maximum Gasteiger partial charge on any atom is 0.165 e. The van der Waals surface area contributed by atoms with Crippen molar-refractivity contribution in [1.29, 1.82) is 0 Å². The zero-order chi connectivity index (χ0) is 20.6. The summed E-state index contributed by atoms with van der Waals surface area (Å²) in [5.74, 6) is 1.10. The van der Waals surface area contributed by atoms with E-state index in [1.807, 2.05) is 10.7 Å². The fraction of sp³-hybridized carbons (Fsp3) is 0.478. The number of aromatic nitrogens is 3. The van der Waals surface area contributed by atoms with Crippen molar-refractivity contribution >= 4 is 11.5 Å². The molecule has 0 amide bonds. The molecule has 1 saturated heterocycles. The van der Waals surface area contributed by atoms with Crippen LogP contribution in [-0.2, 0) is 5.41 Å². The number of aliphatic hydroxyl groups excluding tert-OH is 1. The van der Waals surface area contributed by atoms with Gasteiger partial charge in [-0.1, -0.05) is 50.6 Å². The number of β-amino-alcohol motifs (C(OH)–C–C–N with tert-alkyl or cyclic N) is 1. The molecular formula is C23H31N5O. The summed E-state index contributed by atoms with van der Waals surface area (Å²) in [6.45, 7) is 13.4. The first kappa shape index (κ1) is 19.9. The third-order valence-electron chi connectivity index (χ3n) is 5.70. The van der Waals surface area contributed by atoms with Crippen molar-refractivity contribution in [1.82, 2.24) is 19.5 Å². The topological polar surface area (TPSA) is 56.9 Å². The van der Waals surface area contributed by atoms with Gasteiger partial charge in [0, 0.05) is 49.8 Å². The average molecular weight is 394 g/mol. The molecule has 1 aromatic carbocycles. The van der Waals surface area contributed by atoms with E-state index in [4.69, 9.17) is 10.1 Å². The van der Waals surface area contributed by atoms with Crippen LogP contribution in [0.1, 0.15) is 32.0 Å². The predicted octanol–water partition coefficient (Wildman–Crippen LogP) is 3.12. The highest BCUT2D eigenvalue weighted by atomic mass is 16.3. The second-order valence-corrected chi connectivity index (χ2v) is 8.96. The summed E-state index contributed by atoms with van der Waals surface area (Å²) in [6.07, 6.45) is 1.94. The van der Waals surface area contributed by atoms with Crippen LogP contribution in [0.3, 0.4) is 0 Å². The van der Waals surface area contributed by atoms with Gasteiger partial charge in [0.15, 0.2) is 5.65 Å². The summed E-state index contributed by atoms with van der Waals surface area (Å²) in [5.41, 5.74) is 5.39. The fourth-order valence-electron chi connectivity index (χ4n) is 3.84. The van der Waals surface area contributed by atoms with Gasteiger partial charge in [-0.05, 0) is 12.5 Å². The first-order valence-corrected chi connectivity index (χ1v) is 10.4.